The number of hydrogen-bond donors (Lipinski definition) is 0. The van der Waals surface area contributed by atoms with Crippen LogP contribution < -0.4 is 0 Å². The Hall–Kier alpha value is -3.35. The Labute approximate surface area is 148 Å². The molecule has 0 radical (unpaired) electrons. The van der Waals surface area contributed by atoms with Gasteiger partial charge in [0.05, 0.1) is 11.1 Å². The number of carbonyl (C=O) groups excluding carboxylic acids is 4. The third-order valence-electron chi connectivity index (χ3n) is 4.07. The molecule has 3 rings (SSSR count). The number of benzene rings is 2. The van der Waals surface area contributed by atoms with E-state index in [4.69, 9.17) is 4.74 Å². The first-order valence-electron chi connectivity index (χ1n) is 7.82. The fourth-order valence-electron chi connectivity index (χ4n) is 2.64. The van der Waals surface area contributed by atoms with E-state index < -0.39 is 42.0 Å². The fourth-order valence-corrected chi connectivity index (χ4v) is 2.64. The fraction of sp³-hybridized carbons (Fsp3) is 0.158. The summed E-state index contributed by atoms with van der Waals surface area (Å²) >= 11 is 0. The van der Waals surface area contributed by atoms with Crippen molar-refractivity contribution in [3.05, 3.63) is 71.0 Å². The van der Waals surface area contributed by atoms with Crippen LogP contribution in [0.25, 0.3) is 0 Å². The van der Waals surface area contributed by atoms with E-state index in [2.05, 4.69) is 0 Å². The van der Waals surface area contributed by atoms with Crippen molar-refractivity contribution in [2.45, 2.75) is 13.0 Å². The number of halogens is 1. The molecule has 0 unspecified atom stereocenters. The summed E-state index contributed by atoms with van der Waals surface area (Å²) in [5, 5.41) is 0. The highest BCUT2D eigenvalue weighted by atomic mass is 19.1. The van der Waals surface area contributed by atoms with Gasteiger partial charge in [-0.05, 0) is 43.3 Å². The molecule has 1 atom stereocenters. The second kappa shape index (κ2) is 6.87. The number of nitrogens with zero attached hydrogens (tertiary/aromatic N) is 1. The lowest BCUT2D eigenvalue weighted by molar-refractivity contribution is -0.146. The highest BCUT2D eigenvalue weighted by molar-refractivity contribution is 6.22. The van der Waals surface area contributed by atoms with Crippen LogP contribution in [-0.4, -0.2) is 41.1 Å². The number of ketones is 1. The maximum Gasteiger partial charge on any atom is 0.329 e. The highest BCUT2D eigenvalue weighted by Crippen LogP contribution is 2.24. The summed E-state index contributed by atoms with van der Waals surface area (Å²) in [6.45, 7) is 0.782. The Bertz CT molecular complexity index is 871. The molecular weight excluding hydrogens is 341 g/mol. The largest absolute Gasteiger partial charge is 0.456 e. The quantitative estimate of drug-likeness (QED) is 0.467. The number of fused-ring (bicyclic) bond motifs is 1. The zero-order chi connectivity index (χ0) is 18.8. The second-order valence-corrected chi connectivity index (χ2v) is 5.74. The Morgan fingerprint density at radius 2 is 1.54 bits per heavy atom. The number of imide groups is 1. The van der Waals surface area contributed by atoms with Gasteiger partial charge in [0.25, 0.3) is 11.8 Å². The van der Waals surface area contributed by atoms with Gasteiger partial charge < -0.3 is 4.74 Å². The molecule has 2 amide bonds. The minimum Gasteiger partial charge on any atom is -0.456 e. The molecule has 0 spiro atoms. The van der Waals surface area contributed by atoms with Crippen molar-refractivity contribution >= 4 is 23.6 Å². The molecule has 26 heavy (non-hydrogen) atoms. The Balaban J connectivity index is 1.65. The van der Waals surface area contributed by atoms with Crippen LogP contribution in [0.2, 0.25) is 0 Å². The van der Waals surface area contributed by atoms with Crippen molar-refractivity contribution in [2.24, 2.45) is 0 Å². The number of amides is 2. The summed E-state index contributed by atoms with van der Waals surface area (Å²) in [4.78, 5) is 49.6. The number of carbonyl (C=O) groups is 4. The van der Waals surface area contributed by atoms with Crippen molar-refractivity contribution < 1.29 is 28.3 Å². The first-order valence-corrected chi connectivity index (χ1v) is 7.82. The molecule has 0 aliphatic carbocycles. The number of hydrogen-bond acceptors (Lipinski definition) is 5. The van der Waals surface area contributed by atoms with Crippen LogP contribution in [0.15, 0.2) is 48.5 Å². The summed E-state index contributed by atoms with van der Waals surface area (Å²) < 4.78 is 17.8. The third-order valence-corrected chi connectivity index (χ3v) is 4.07. The van der Waals surface area contributed by atoms with Crippen LogP contribution >= 0.6 is 0 Å². The van der Waals surface area contributed by atoms with Crippen LogP contribution in [0.5, 0.6) is 0 Å². The average molecular weight is 355 g/mol. The van der Waals surface area contributed by atoms with Crippen molar-refractivity contribution in [2.75, 3.05) is 6.61 Å². The van der Waals surface area contributed by atoms with Crippen LogP contribution in [0.4, 0.5) is 4.39 Å². The molecule has 0 N–H and O–H groups in total. The molecule has 0 saturated carbocycles. The summed E-state index contributed by atoms with van der Waals surface area (Å²) in [6.07, 6.45) is 0. The van der Waals surface area contributed by atoms with E-state index in [1.807, 2.05) is 0 Å². The van der Waals surface area contributed by atoms with E-state index in [1.54, 1.807) is 12.1 Å². The minimum atomic E-state index is -1.18. The maximum atomic E-state index is 12.9. The molecule has 0 aromatic heterocycles. The van der Waals surface area contributed by atoms with Gasteiger partial charge in [0.15, 0.2) is 12.4 Å². The molecular formula is C19H14FNO5. The van der Waals surface area contributed by atoms with Gasteiger partial charge in [0.1, 0.15) is 11.9 Å². The summed E-state index contributed by atoms with van der Waals surface area (Å²) in [6, 6.07) is 9.88. The molecule has 1 aliphatic heterocycles. The van der Waals surface area contributed by atoms with Gasteiger partial charge in [-0.2, -0.15) is 0 Å². The van der Waals surface area contributed by atoms with Crippen molar-refractivity contribution in [3.8, 4) is 0 Å². The number of Topliss-reactive ketones (excluding diaryl/α,β-unsaturated/α-hetero) is 1. The molecule has 132 valence electrons. The van der Waals surface area contributed by atoms with Gasteiger partial charge in [-0.1, -0.05) is 12.1 Å². The van der Waals surface area contributed by atoms with Crippen LogP contribution in [-0.2, 0) is 9.53 Å². The third kappa shape index (κ3) is 3.11. The van der Waals surface area contributed by atoms with Gasteiger partial charge in [0.2, 0.25) is 0 Å². The normalized spacial score (nSPS) is 14.2. The monoisotopic (exact) mass is 355 g/mol. The van der Waals surface area contributed by atoms with Gasteiger partial charge >= 0.3 is 5.97 Å². The molecule has 1 aliphatic rings. The predicted octanol–water partition coefficient (Wildman–Crippen LogP) is 2.24. The number of ether oxygens (including phenoxy) is 1. The highest BCUT2D eigenvalue weighted by Gasteiger charge is 2.41. The van der Waals surface area contributed by atoms with Crippen LogP contribution in [0, 0.1) is 5.82 Å². The zero-order valence-electron chi connectivity index (χ0n) is 13.8. The van der Waals surface area contributed by atoms with Gasteiger partial charge in [-0.25, -0.2) is 9.18 Å². The van der Waals surface area contributed by atoms with E-state index in [-0.39, 0.29) is 16.7 Å². The first kappa shape index (κ1) is 17.5. The van der Waals surface area contributed by atoms with E-state index in [9.17, 15) is 23.6 Å². The molecule has 0 bridgehead atoms. The lowest BCUT2D eigenvalue weighted by Gasteiger charge is -2.20. The lowest BCUT2D eigenvalue weighted by Crippen LogP contribution is -2.44. The maximum absolute atomic E-state index is 12.9. The number of esters is 1. The summed E-state index contributed by atoms with van der Waals surface area (Å²) in [7, 11) is 0. The van der Waals surface area contributed by atoms with Gasteiger partial charge in [-0.3, -0.25) is 19.3 Å². The van der Waals surface area contributed by atoms with Crippen molar-refractivity contribution in [1.82, 2.24) is 4.90 Å². The molecule has 0 fully saturated rings. The van der Waals surface area contributed by atoms with Gasteiger partial charge in [0, 0.05) is 5.56 Å². The van der Waals surface area contributed by atoms with E-state index in [0.29, 0.717) is 0 Å². The van der Waals surface area contributed by atoms with E-state index >= 15 is 0 Å². The molecule has 2 aromatic carbocycles. The molecule has 2 aromatic rings. The standard InChI is InChI=1S/C19H14FNO5/c1-11(21-17(23)14-4-2-3-5-15(14)18(21)24)19(25)26-10-16(22)12-6-8-13(20)9-7-12/h2-9,11H,10H2,1H3/t11-/m1/s1. The zero-order valence-corrected chi connectivity index (χ0v) is 13.8. The predicted molar refractivity (Wildman–Crippen MR) is 88.1 cm³/mol. The van der Waals surface area contributed by atoms with Crippen molar-refractivity contribution in [3.63, 3.8) is 0 Å². The summed E-state index contributed by atoms with van der Waals surface area (Å²) in [5.41, 5.74) is 0.631. The molecule has 7 heteroatoms. The van der Waals surface area contributed by atoms with Crippen molar-refractivity contribution in [1.29, 1.82) is 0 Å². The van der Waals surface area contributed by atoms with Crippen LogP contribution in [0.3, 0.4) is 0 Å². The number of rotatable bonds is 5. The SMILES string of the molecule is C[C@H](C(=O)OCC(=O)c1ccc(F)cc1)N1C(=O)c2ccccc2C1=O. The second-order valence-electron chi connectivity index (χ2n) is 5.74. The minimum absolute atomic E-state index is 0.188. The Morgan fingerprint density at radius 1 is 1.00 bits per heavy atom. The Kier molecular flexibility index (Phi) is 4.62. The van der Waals surface area contributed by atoms with E-state index in [1.165, 1.54) is 31.2 Å². The average Bonchev–Trinajstić information content (AvgIpc) is 2.90. The molecule has 1 heterocycles. The molecule has 0 saturated heterocycles. The smallest absolute Gasteiger partial charge is 0.329 e. The Morgan fingerprint density at radius 3 is 2.08 bits per heavy atom. The molecule has 6 nitrogen and oxygen atoms in total. The summed E-state index contributed by atoms with van der Waals surface area (Å²) in [5.74, 6) is -3.06. The first-order chi connectivity index (χ1) is 12.4. The van der Waals surface area contributed by atoms with Crippen LogP contribution in [0.1, 0.15) is 38.0 Å². The lowest BCUT2D eigenvalue weighted by atomic mass is 10.1. The van der Waals surface area contributed by atoms with Gasteiger partial charge in [-0.15, -0.1) is 0 Å². The topological polar surface area (TPSA) is 80.8 Å². The van der Waals surface area contributed by atoms with E-state index in [0.717, 1.165) is 17.0 Å².